The molecule has 0 aliphatic carbocycles. The Hall–Kier alpha value is -2.65. The monoisotopic (exact) mass is 412 g/mol. The summed E-state index contributed by atoms with van der Waals surface area (Å²) in [6.07, 6.45) is 4.06. The second kappa shape index (κ2) is 6.93. The standard InChI is InChI=1S/C20H17N2O3.BrH/c1-12-15-8-16-14(10-22-6-4-3-5-7-22)11-24-18(16)13(2)19(15)25-20(23)17(12)9-21;/h3-8,14H,10-11H2,1-2H3;1H/q+1;/p-1. The van der Waals surface area contributed by atoms with E-state index < -0.39 is 5.63 Å². The van der Waals surface area contributed by atoms with Gasteiger partial charge < -0.3 is 26.1 Å². The first-order chi connectivity index (χ1) is 12.1. The maximum Gasteiger partial charge on any atom is 0.354 e. The van der Waals surface area contributed by atoms with Crippen molar-refractivity contribution in [2.45, 2.75) is 26.3 Å². The molecule has 3 aromatic rings. The van der Waals surface area contributed by atoms with Crippen LogP contribution in [0.1, 0.15) is 28.2 Å². The minimum Gasteiger partial charge on any atom is -1.00 e. The third-order valence-electron chi connectivity index (χ3n) is 4.85. The van der Waals surface area contributed by atoms with Crippen molar-refractivity contribution in [3.63, 3.8) is 0 Å². The average molecular weight is 413 g/mol. The van der Waals surface area contributed by atoms with Crippen LogP contribution in [0, 0.1) is 25.2 Å². The van der Waals surface area contributed by atoms with Gasteiger partial charge in [0.15, 0.2) is 18.9 Å². The number of hydrogen-bond acceptors (Lipinski definition) is 4. The highest BCUT2D eigenvalue weighted by atomic mass is 79.9. The molecule has 0 amide bonds. The van der Waals surface area contributed by atoms with Crippen LogP contribution in [0.4, 0.5) is 0 Å². The first kappa shape index (κ1) is 18.2. The summed E-state index contributed by atoms with van der Waals surface area (Å²) in [7, 11) is 0. The molecule has 132 valence electrons. The third kappa shape index (κ3) is 2.78. The van der Waals surface area contributed by atoms with Crippen LogP contribution in [-0.2, 0) is 6.54 Å². The number of pyridine rings is 1. The summed E-state index contributed by atoms with van der Waals surface area (Å²) in [4.78, 5) is 12.0. The van der Waals surface area contributed by atoms with Gasteiger partial charge in [-0.15, -0.1) is 0 Å². The summed E-state index contributed by atoms with van der Waals surface area (Å²) >= 11 is 0. The predicted molar refractivity (Wildman–Crippen MR) is 91.5 cm³/mol. The molecule has 6 heteroatoms. The molecule has 1 atom stereocenters. The Labute approximate surface area is 161 Å². The SMILES string of the molecule is Cc1c(C#N)c(=O)oc2c(C)c3c(cc12)C(C[n+]1ccccc1)CO3.[Br-]. The summed E-state index contributed by atoms with van der Waals surface area (Å²) in [5.74, 6) is 1.00. The highest BCUT2D eigenvalue weighted by Gasteiger charge is 2.31. The maximum atomic E-state index is 12.0. The lowest BCUT2D eigenvalue weighted by Crippen LogP contribution is -3.00. The Morgan fingerprint density at radius 3 is 2.65 bits per heavy atom. The van der Waals surface area contributed by atoms with Crippen LogP contribution >= 0.6 is 0 Å². The lowest BCUT2D eigenvalue weighted by atomic mass is 9.94. The van der Waals surface area contributed by atoms with E-state index in [1.165, 1.54) is 0 Å². The number of benzene rings is 1. The molecule has 0 saturated carbocycles. The first-order valence-electron chi connectivity index (χ1n) is 8.18. The Morgan fingerprint density at radius 2 is 1.96 bits per heavy atom. The van der Waals surface area contributed by atoms with Crippen molar-refractivity contribution in [3.05, 3.63) is 69.3 Å². The topological polar surface area (TPSA) is 67.1 Å². The molecule has 1 aliphatic heterocycles. The Kier molecular flexibility index (Phi) is 4.84. The van der Waals surface area contributed by atoms with Crippen LogP contribution in [0.3, 0.4) is 0 Å². The summed E-state index contributed by atoms with van der Waals surface area (Å²) in [6.45, 7) is 5.08. The molecular weight excluding hydrogens is 396 g/mol. The molecular formula is C20H17BrN2O3. The number of aromatic nitrogens is 1. The number of rotatable bonds is 2. The van der Waals surface area contributed by atoms with E-state index in [0.717, 1.165) is 28.8 Å². The molecule has 3 heterocycles. The van der Waals surface area contributed by atoms with Crippen molar-refractivity contribution in [2.24, 2.45) is 0 Å². The van der Waals surface area contributed by atoms with Crippen molar-refractivity contribution in [1.29, 1.82) is 5.26 Å². The van der Waals surface area contributed by atoms with Crippen molar-refractivity contribution < 1.29 is 30.7 Å². The fourth-order valence-corrected chi connectivity index (χ4v) is 3.51. The second-order valence-corrected chi connectivity index (χ2v) is 6.38. The molecule has 4 rings (SSSR count). The lowest BCUT2D eigenvalue weighted by Gasteiger charge is -2.11. The van der Waals surface area contributed by atoms with E-state index in [0.29, 0.717) is 17.8 Å². The zero-order valence-corrected chi connectivity index (χ0v) is 16.0. The van der Waals surface area contributed by atoms with Gasteiger partial charge in [0.2, 0.25) is 0 Å². The number of nitriles is 1. The molecule has 5 nitrogen and oxygen atoms in total. The number of hydrogen-bond donors (Lipinski definition) is 0. The van der Waals surface area contributed by atoms with Gasteiger partial charge in [-0.25, -0.2) is 9.36 Å². The van der Waals surface area contributed by atoms with Gasteiger partial charge in [-0.1, -0.05) is 6.07 Å². The molecule has 0 N–H and O–H groups in total. The molecule has 0 bridgehead atoms. The zero-order chi connectivity index (χ0) is 17.6. The summed E-state index contributed by atoms with van der Waals surface area (Å²) < 4.78 is 13.5. The van der Waals surface area contributed by atoms with Crippen molar-refractivity contribution in [3.8, 4) is 11.8 Å². The minimum absolute atomic E-state index is 0. The molecule has 1 aromatic carbocycles. The van der Waals surface area contributed by atoms with Gasteiger partial charge in [0.05, 0.1) is 5.92 Å². The third-order valence-corrected chi connectivity index (χ3v) is 4.85. The number of nitrogens with zero attached hydrogens (tertiary/aromatic N) is 2. The molecule has 0 spiro atoms. The highest BCUT2D eigenvalue weighted by Crippen LogP contribution is 2.41. The number of aryl methyl sites for hydroxylation is 2. The van der Waals surface area contributed by atoms with E-state index in [4.69, 9.17) is 9.15 Å². The van der Waals surface area contributed by atoms with Gasteiger partial charge in [-0.05, 0) is 25.5 Å². The van der Waals surface area contributed by atoms with Crippen LogP contribution < -0.4 is 31.9 Å². The fourth-order valence-electron chi connectivity index (χ4n) is 3.51. The number of fused-ring (bicyclic) bond motifs is 2. The molecule has 1 aliphatic rings. The van der Waals surface area contributed by atoms with Gasteiger partial charge in [0, 0.05) is 28.6 Å². The van der Waals surface area contributed by atoms with E-state index in [1.807, 2.05) is 49.7 Å². The Balaban J connectivity index is 0.00000196. The van der Waals surface area contributed by atoms with Gasteiger partial charge in [-0.3, -0.25) is 0 Å². The summed E-state index contributed by atoms with van der Waals surface area (Å²) in [6, 6.07) is 9.95. The Bertz CT molecular complexity index is 1080. The smallest absolute Gasteiger partial charge is 0.354 e. The van der Waals surface area contributed by atoms with E-state index >= 15 is 0 Å². The van der Waals surface area contributed by atoms with Gasteiger partial charge in [-0.2, -0.15) is 5.26 Å². The van der Waals surface area contributed by atoms with Crippen molar-refractivity contribution in [2.75, 3.05) is 6.61 Å². The molecule has 1 unspecified atom stereocenters. The molecule has 0 radical (unpaired) electrons. The van der Waals surface area contributed by atoms with Gasteiger partial charge >= 0.3 is 5.63 Å². The van der Waals surface area contributed by atoms with Crippen LogP contribution in [0.5, 0.6) is 5.75 Å². The van der Waals surface area contributed by atoms with Crippen LogP contribution in [0.25, 0.3) is 11.0 Å². The van der Waals surface area contributed by atoms with E-state index in [2.05, 4.69) is 4.57 Å². The largest absolute Gasteiger partial charge is 1.00 e. The zero-order valence-electron chi connectivity index (χ0n) is 14.5. The lowest BCUT2D eigenvalue weighted by molar-refractivity contribution is -0.699. The quantitative estimate of drug-likeness (QED) is 0.430. The fraction of sp³-hybridized carbons (Fsp3) is 0.250. The van der Waals surface area contributed by atoms with Crippen LogP contribution in [0.2, 0.25) is 0 Å². The van der Waals surface area contributed by atoms with Crippen molar-refractivity contribution >= 4 is 11.0 Å². The number of ether oxygens (including phenoxy) is 1. The van der Waals surface area contributed by atoms with Crippen LogP contribution in [0.15, 0.2) is 45.9 Å². The predicted octanol–water partition coefficient (Wildman–Crippen LogP) is -0.251. The number of halogens is 1. The van der Waals surface area contributed by atoms with Gasteiger partial charge in [0.1, 0.15) is 29.6 Å². The van der Waals surface area contributed by atoms with E-state index in [-0.39, 0.29) is 28.5 Å². The van der Waals surface area contributed by atoms with Crippen molar-refractivity contribution in [1.82, 2.24) is 0 Å². The Morgan fingerprint density at radius 1 is 1.23 bits per heavy atom. The highest BCUT2D eigenvalue weighted by molar-refractivity contribution is 5.88. The molecule has 0 fully saturated rings. The molecule has 26 heavy (non-hydrogen) atoms. The molecule has 0 saturated heterocycles. The maximum absolute atomic E-state index is 12.0. The minimum atomic E-state index is -0.593. The second-order valence-electron chi connectivity index (χ2n) is 6.38. The van der Waals surface area contributed by atoms with E-state index in [9.17, 15) is 10.1 Å². The van der Waals surface area contributed by atoms with Gasteiger partial charge in [0.25, 0.3) is 0 Å². The van der Waals surface area contributed by atoms with Crippen LogP contribution in [-0.4, -0.2) is 6.61 Å². The summed E-state index contributed by atoms with van der Waals surface area (Å²) in [5, 5.41) is 10.0. The molecule has 2 aromatic heterocycles. The van der Waals surface area contributed by atoms with E-state index in [1.54, 1.807) is 6.92 Å². The first-order valence-corrected chi connectivity index (χ1v) is 8.18. The normalized spacial score (nSPS) is 15.0. The average Bonchev–Trinajstić information content (AvgIpc) is 3.01. The summed E-state index contributed by atoms with van der Waals surface area (Å²) in [5.41, 5.74) is 2.57.